The number of hydrogen-bond donors (Lipinski definition) is 3. The lowest BCUT2D eigenvalue weighted by atomic mass is 10.2. The van der Waals surface area contributed by atoms with Crippen LogP contribution in [0.25, 0.3) is 0 Å². The van der Waals surface area contributed by atoms with Gasteiger partial charge in [0, 0.05) is 40.7 Å². The maximum atomic E-state index is 11.8. The van der Waals surface area contributed by atoms with Crippen LogP contribution in [0.5, 0.6) is 0 Å². The fraction of sp³-hybridized carbons (Fsp3) is 0.467. The van der Waals surface area contributed by atoms with Gasteiger partial charge in [-0.1, -0.05) is 15.9 Å². The maximum Gasteiger partial charge on any atom is 0.243 e. The van der Waals surface area contributed by atoms with Gasteiger partial charge in [0.2, 0.25) is 11.8 Å². The number of carbonyl (C=O) groups excluding carboxylic acids is 2. The van der Waals surface area contributed by atoms with E-state index in [1.807, 2.05) is 36.9 Å². The second-order valence-electron chi connectivity index (χ2n) is 5.22. The predicted molar refractivity (Wildman–Crippen MR) is 94.3 cm³/mol. The normalized spacial score (nSPS) is 17.8. The zero-order valence-corrected chi connectivity index (χ0v) is 14.9. The summed E-state index contributed by atoms with van der Waals surface area (Å²) in [5, 5.41) is 8.74. The van der Waals surface area contributed by atoms with Crippen molar-refractivity contribution in [2.75, 3.05) is 29.9 Å². The largest absolute Gasteiger partial charge is 0.347 e. The minimum atomic E-state index is -0.221. The number of benzene rings is 1. The summed E-state index contributed by atoms with van der Waals surface area (Å²) in [6.07, 6.45) is 0.414. The number of aryl methyl sites for hydroxylation is 1. The number of carbonyl (C=O) groups is 2. The van der Waals surface area contributed by atoms with Gasteiger partial charge in [-0.25, -0.2) is 0 Å². The van der Waals surface area contributed by atoms with E-state index in [-0.39, 0.29) is 24.4 Å². The summed E-state index contributed by atoms with van der Waals surface area (Å²) in [5.41, 5.74) is 1.77. The van der Waals surface area contributed by atoms with Gasteiger partial charge in [0.1, 0.15) is 0 Å². The maximum absolute atomic E-state index is 11.8. The van der Waals surface area contributed by atoms with Crippen molar-refractivity contribution < 1.29 is 9.59 Å². The van der Waals surface area contributed by atoms with Crippen LogP contribution in [0.3, 0.4) is 0 Å². The Kier molecular flexibility index (Phi) is 6.72. The van der Waals surface area contributed by atoms with Crippen LogP contribution in [0, 0.1) is 6.92 Å². The molecule has 0 spiro atoms. The molecule has 3 N–H and O–H groups in total. The average molecular weight is 386 g/mol. The molecule has 22 heavy (non-hydrogen) atoms. The number of anilines is 1. The molecule has 0 radical (unpaired) electrons. The van der Waals surface area contributed by atoms with Crippen molar-refractivity contribution in [3.8, 4) is 0 Å². The molecule has 2 amide bonds. The molecular weight excluding hydrogens is 366 g/mol. The van der Waals surface area contributed by atoms with Crippen LogP contribution in [-0.2, 0) is 9.59 Å². The van der Waals surface area contributed by atoms with Gasteiger partial charge in [-0.05, 0) is 30.7 Å². The van der Waals surface area contributed by atoms with Gasteiger partial charge >= 0.3 is 0 Å². The Balaban J connectivity index is 1.72. The monoisotopic (exact) mass is 385 g/mol. The Labute approximate surface area is 143 Å². The summed E-state index contributed by atoms with van der Waals surface area (Å²) in [6, 6.07) is 5.79. The molecule has 5 nitrogen and oxygen atoms in total. The highest BCUT2D eigenvalue weighted by Gasteiger charge is 2.17. The molecule has 1 aliphatic heterocycles. The van der Waals surface area contributed by atoms with Crippen molar-refractivity contribution in [2.45, 2.75) is 19.4 Å². The van der Waals surface area contributed by atoms with Gasteiger partial charge in [0.05, 0.1) is 6.54 Å². The van der Waals surface area contributed by atoms with Crippen molar-refractivity contribution in [3.05, 3.63) is 28.2 Å². The van der Waals surface area contributed by atoms with Gasteiger partial charge in [-0.2, -0.15) is 11.8 Å². The molecular formula is C15H20BrN3O2S. The highest BCUT2D eigenvalue weighted by Crippen LogP contribution is 2.19. The summed E-state index contributed by atoms with van der Waals surface area (Å²) in [5.74, 6) is 1.72. The molecule has 0 aromatic heterocycles. The van der Waals surface area contributed by atoms with Gasteiger partial charge in [0.15, 0.2) is 0 Å². The molecule has 1 fully saturated rings. The lowest BCUT2D eigenvalue weighted by Gasteiger charge is -2.22. The van der Waals surface area contributed by atoms with E-state index in [1.165, 1.54) is 0 Å². The van der Waals surface area contributed by atoms with E-state index in [0.717, 1.165) is 33.8 Å². The second kappa shape index (κ2) is 8.55. The standard InChI is InChI=1S/C15H20BrN3O2S/c1-10-6-11(2-3-13(10)16)19-15(21)8-18-14(20)7-12-9-22-5-4-17-12/h2-3,6,12,17H,4-5,7-9H2,1H3,(H,18,20)(H,19,21). The first kappa shape index (κ1) is 17.3. The molecule has 1 atom stereocenters. The van der Waals surface area contributed by atoms with E-state index >= 15 is 0 Å². The highest BCUT2D eigenvalue weighted by atomic mass is 79.9. The summed E-state index contributed by atoms with van der Waals surface area (Å²) in [6.45, 7) is 2.89. The fourth-order valence-electron chi connectivity index (χ4n) is 2.15. The first-order chi connectivity index (χ1) is 10.5. The minimum Gasteiger partial charge on any atom is -0.347 e. The van der Waals surface area contributed by atoms with Crippen LogP contribution in [0.2, 0.25) is 0 Å². The van der Waals surface area contributed by atoms with Crippen molar-refractivity contribution in [1.82, 2.24) is 10.6 Å². The molecule has 1 aromatic rings. The van der Waals surface area contributed by atoms with Gasteiger partial charge in [0.25, 0.3) is 0 Å². The number of rotatable bonds is 5. The molecule has 120 valence electrons. The molecule has 1 heterocycles. The first-order valence-corrected chi connectivity index (χ1v) is 9.13. The van der Waals surface area contributed by atoms with Gasteiger partial charge in [-0.15, -0.1) is 0 Å². The van der Waals surface area contributed by atoms with Crippen LogP contribution in [0.15, 0.2) is 22.7 Å². The summed E-state index contributed by atoms with van der Waals surface area (Å²) < 4.78 is 0.997. The Morgan fingerprint density at radius 3 is 2.91 bits per heavy atom. The molecule has 1 unspecified atom stereocenters. The third-order valence-corrected chi connectivity index (χ3v) is 5.34. The van der Waals surface area contributed by atoms with Crippen LogP contribution in [0.1, 0.15) is 12.0 Å². The lowest BCUT2D eigenvalue weighted by Crippen LogP contribution is -2.42. The number of hydrogen-bond acceptors (Lipinski definition) is 4. The van der Waals surface area contributed by atoms with Crippen molar-refractivity contribution in [3.63, 3.8) is 0 Å². The van der Waals surface area contributed by atoms with Crippen molar-refractivity contribution in [2.24, 2.45) is 0 Å². The zero-order chi connectivity index (χ0) is 15.9. The summed E-state index contributed by atoms with van der Waals surface area (Å²) in [7, 11) is 0. The lowest BCUT2D eigenvalue weighted by molar-refractivity contribution is -0.124. The Morgan fingerprint density at radius 1 is 1.41 bits per heavy atom. The van der Waals surface area contributed by atoms with Gasteiger partial charge in [-0.3, -0.25) is 9.59 Å². The second-order valence-corrected chi connectivity index (χ2v) is 7.22. The number of amides is 2. The van der Waals surface area contributed by atoms with E-state index in [0.29, 0.717) is 6.42 Å². The molecule has 2 rings (SSSR count). The quantitative estimate of drug-likeness (QED) is 0.723. The number of nitrogens with one attached hydrogen (secondary N) is 3. The molecule has 1 saturated heterocycles. The van der Waals surface area contributed by atoms with Crippen LogP contribution >= 0.6 is 27.7 Å². The van der Waals surface area contributed by atoms with E-state index < -0.39 is 0 Å². The molecule has 7 heteroatoms. The molecule has 0 aliphatic carbocycles. The molecule has 0 saturated carbocycles. The van der Waals surface area contributed by atoms with Crippen LogP contribution in [0.4, 0.5) is 5.69 Å². The zero-order valence-electron chi connectivity index (χ0n) is 12.4. The SMILES string of the molecule is Cc1cc(NC(=O)CNC(=O)CC2CSCCN2)ccc1Br. The van der Waals surface area contributed by atoms with E-state index in [9.17, 15) is 9.59 Å². The molecule has 1 aliphatic rings. The van der Waals surface area contributed by atoms with Crippen molar-refractivity contribution in [1.29, 1.82) is 0 Å². The fourth-order valence-corrected chi connectivity index (χ4v) is 3.35. The Morgan fingerprint density at radius 2 is 2.23 bits per heavy atom. The van der Waals surface area contributed by atoms with Crippen molar-refractivity contribution >= 4 is 45.2 Å². The predicted octanol–water partition coefficient (Wildman–Crippen LogP) is 1.91. The Hall–Kier alpha value is -1.05. The summed E-state index contributed by atoms with van der Waals surface area (Å²) in [4.78, 5) is 23.7. The van der Waals surface area contributed by atoms with Gasteiger partial charge < -0.3 is 16.0 Å². The van der Waals surface area contributed by atoms with Crippen LogP contribution in [-0.4, -0.2) is 42.5 Å². The van der Waals surface area contributed by atoms with Crippen LogP contribution < -0.4 is 16.0 Å². The molecule has 0 bridgehead atoms. The smallest absolute Gasteiger partial charge is 0.243 e. The van der Waals surface area contributed by atoms with E-state index in [4.69, 9.17) is 0 Å². The van der Waals surface area contributed by atoms with E-state index in [1.54, 1.807) is 0 Å². The number of halogens is 1. The topological polar surface area (TPSA) is 70.2 Å². The number of thioether (sulfide) groups is 1. The average Bonchev–Trinajstić information content (AvgIpc) is 2.50. The Bertz CT molecular complexity index is 548. The minimum absolute atomic E-state index is 0.00614. The third kappa shape index (κ3) is 5.62. The summed E-state index contributed by atoms with van der Waals surface area (Å²) >= 11 is 5.26. The first-order valence-electron chi connectivity index (χ1n) is 7.18. The molecule has 1 aromatic carbocycles. The van der Waals surface area contributed by atoms with E-state index in [2.05, 4.69) is 31.9 Å². The highest BCUT2D eigenvalue weighted by molar-refractivity contribution is 9.10. The third-order valence-electron chi connectivity index (χ3n) is 3.32.